The van der Waals surface area contributed by atoms with E-state index in [9.17, 15) is 9.90 Å². The van der Waals surface area contributed by atoms with Crippen LogP contribution < -0.4 is 0 Å². The molecule has 0 amide bonds. The maximum atomic E-state index is 11.2. The van der Waals surface area contributed by atoms with E-state index < -0.39 is 5.97 Å². The molecule has 0 bridgehead atoms. The van der Waals surface area contributed by atoms with Gasteiger partial charge in [-0.05, 0) is 6.07 Å². The smallest absolute Gasteiger partial charge is 0.337 e. The van der Waals surface area contributed by atoms with Crippen LogP contribution in [0, 0.1) is 0 Å². The van der Waals surface area contributed by atoms with E-state index in [0.717, 1.165) is 16.3 Å². The van der Waals surface area contributed by atoms with E-state index in [4.69, 9.17) is 11.6 Å². The molecule has 6 heteroatoms. The Morgan fingerprint density at radius 3 is 2.79 bits per heavy atom. The Balaban J connectivity index is 0.00000133. The van der Waals surface area contributed by atoms with E-state index in [-0.39, 0.29) is 12.4 Å². The number of aryl methyl sites for hydroxylation is 1. The number of hydrogen-bond donors (Lipinski definition) is 1. The van der Waals surface area contributed by atoms with Gasteiger partial charge in [-0.25, -0.2) is 9.78 Å². The number of carboxylic acid groups (broad SMARTS) is 1. The van der Waals surface area contributed by atoms with E-state index in [1.54, 1.807) is 29.1 Å². The lowest BCUT2D eigenvalue weighted by Gasteiger charge is -2.03. The SMILES string of the molecule is Cl.Cn1cc(C(=O)O)c2ccc3cnc(Cl)cc3c21. The number of hydrogen-bond acceptors (Lipinski definition) is 2. The van der Waals surface area contributed by atoms with Gasteiger partial charge in [-0.2, -0.15) is 0 Å². The molecule has 2 aromatic heterocycles. The molecule has 0 aliphatic rings. The van der Waals surface area contributed by atoms with E-state index in [1.807, 2.05) is 13.1 Å². The Labute approximate surface area is 120 Å². The fourth-order valence-electron chi connectivity index (χ4n) is 2.27. The Kier molecular flexibility index (Phi) is 3.39. The van der Waals surface area contributed by atoms with Crippen molar-refractivity contribution in [2.45, 2.75) is 0 Å². The van der Waals surface area contributed by atoms with Gasteiger partial charge in [0, 0.05) is 35.6 Å². The molecule has 0 saturated heterocycles. The third kappa shape index (κ3) is 2.03. The van der Waals surface area contributed by atoms with Gasteiger partial charge in [-0.15, -0.1) is 12.4 Å². The van der Waals surface area contributed by atoms with Crippen LogP contribution in [0.2, 0.25) is 5.15 Å². The third-order valence-electron chi connectivity index (χ3n) is 3.04. The molecule has 3 aromatic rings. The molecule has 0 fully saturated rings. The second-order valence-electron chi connectivity index (χ2n) is 4.15. The van der Waals surface area contributed by atoms with Crippen LogP contribution in [0.15, 0.2) is 30.6 Å². The lowest BCUT2D eigenvalue weighted by Crippen LogP contribution is -1.93. The summed E-state index contributed by atoms with van der Waals surface area (Å²) in [6.07, 6.45) is 3.30. The van der Waals surface area contributed by atoms with Gasteiger partial charge < -0.3 is 9.67 Å². The van der Waals surface area contributed by atoms with Crippen LogP contribution in [0.3, 0.4) is 0 Å². The lowest BCUT2D eigenvalue weighted by atomic mass is 10.1. The molecule has 3 rings (SSSR count). The van der Waals surface area contributed by atoms with E-state index in [2.05, 4.69) is 4.98 Å². The summed E-state index contributed by atoms with van der Waals surface area (Å²) in [7, 11) is 1.82. The molecule has 98 valence electrons. The first-order valence-corrected chi connectivity index (χ1v) is 5.72. The Morgan fingerprint density at radius 1 is 1.37 bits per heavy atom. The maximum Gasteiger partial charge on any atom is 0.337 e. The van der Waals surface area contributed by atoms with Gasteiger partial charge in [0.25, 0.3) is 0 Å². The van der Waals surface area contributed by atoms with Gasteiger partial charge in [0.15, 0.2) is 0 Å². The molecule has 0 spiro atoms. The number of nitrogens with zero attached hydrogens (tertiary/aromatic N) is 2. The van der Waals surface area contributed by atoms with E-state index in [1.165, 1.54) is 0 Å². The molecule has 0 saturated carbocycles. The van der Waals surface area contributed by atoms with Crippen LogP contribution in [-0.2, 0) is 7.05 Å². The summed E-state index contributed by atoms with van der Waals surface area (Å²) in [4.78, 5) is 15.2. The zero-order valence-electron chi connectivity index (χ0n) is 9.92. The summed E-state index contributed by atoms with van der Waals surface area (Å²) < 4.78 is 1.80. The zero-order chi connectivity index (χ0) is 12.9. The minimum Gasteiger partial charge on any atom is -0.478 e. The topological polar surface area (TPSA) is 55.1 Å². The van der Waals surface area contributed by atoms with Crippen molar-refractivity contribution < 1.29 is 9.90 Å². The molecule has 0 aliphatic heterocycles. The molecule has 4 nitrogen and oxygen atoms in total. The second-order valence-corrected chi connectivity index (χ2v) is 4.54. The van der Waals surface area contributed by atoms with Crippen molar-refractivity contribution in [3.05, 3.63) is 41.3 Å². The van der Waals surface area contributed by atoms with Crippen molar-refractivity contribution >= 4 is 51.7 Å². The predicted octanol–water partition coefficient (Wildman–Crippen LogP) is 3.50. The quantitative estimate of drug-likeness (QED) is 0.699. The number of aromatic carboxylic acids is 1. The van der Waals surface area contributed by atoms with E-state index >= 15 is 0 Å². The number of halogens is 2. The van der Waals surface area contributed by atoms with Crippen molar-refractivity contribution in [3.63, 3.8) is 0 Å². The molecule has 0 atom stereocenters. The summed E-state index contributed by atoms with van der Waals surface area (Å²) in [5, 5.41) is 12.1. The fourth-order valence-corrected chi connectivity index (χ4v) is 2.43. The largest absolute Gasteiger partial charge is 0.478 e. The number of rotatable bonds is 1. The molecule has 1 N–H and O–H groups in total. The van der Waals surface area contributed by atoms with Crippen LogP contribution in [0.5, 0.6) is 0 Å². The normalized spacial score (nSPS) is 10.6. The molecule has 0 radical (unpaired) electrons. The number of aromatic nitrogens is 2. The van der Waals surface area contributed by atoms with Gasteiger partial charge in [-0.3, -0.25) is 0 Å². The first kappa shape index (κ1) is 13.6. The number of fused-ring (bicyclic) bond motifs is 3. The zero-order valence-corrected chi connectivity index (χ0v) is 11.5. The number of pyridine rings is 1. The first-order chi connectivity index (χ1) is 8.58. The highest BCUT2D eigenvalue weighted by Gasteiger charge is 2.14. The highest BCUT2D eigenvalue weighted by molar-refractivity contribution is 6.30. The van der Waals surface area contributed by atoms with Gasteiger partial charge in [-0.1, -0.05) is 23.7 Å². The average molecular weight is 297 g/mol. The number of benzene rings is 1. The summed E-state index contributed by atoms with van der Waals surface area (Å²) in [5.41, 5.74) is 1.15. The fraction of sp³-hybridized carbons (Fsp3) is 0.0769. The average Bonchev–Trinajstić information content (AvgIpc) is 2.67. The molecular weight excluding hydrogens is 287 g/mol. The standard InChI is InChI=1S/C13H9ClN2O2.ClH/c1-16-6-10(13(17)18)8-3-2-7-5-15-11(14)4-9(7)12(8)16;/h2-6H,1H3,(H,17,18);1H. The predicted molar refractivity (Wildman–Crippen MR) is 77.4 cm³/mol. The van der Waals surface area contributed by atoms with Gasteiger partial charge >= 0.3 is 5.97 Å². The first-order valence-electron chi connectivity index (χ1n) is 5.34. The van der Waals surface area contributed by atoms with Crippen LogP contribution in [0.4, 0.5) is 0 Å². The molecule has 0 aliphatic carbocycles. The molecule has 1 aromatic carbocycles. The van der Waals surface area contributed by atoms with Crippen LogP contribution in [0.25, 0.3) is 21.7 Å². The van der Waals surface area contributed by atoms with Crippen LogP contribution in [0.1, 0.15) is 10.4 Å². The summed E-state index contributed by atoms with van der Waals surface area (Å²) >= 11 is 5.90. The third-order valence-corrected chi connectivity index (χ3v) is 3.24. The van der Waals surface area contributed by atoms with Crippen molar-refractivity contribution in [3.8, 4) is 0 Å². The number of carboxylic acids is 1. The Hall–Kier alpha value is -1.78. The minimum atomic E-state index is -0.930. The monoisotopic (exact) mass is 296 g/mol. The number of carbonyl (C=O) groups is 1. The maximum absolute atomic E-state index is 11.2. The minimum absolute atomic E-state index is 0. The molecular formula is C13H10Cl2N2O2. The van der Waals surface area contributed by atoms with Gasteiger partial charge in [0.05, 0.1) is 11.1 Å². The second kappa shape index (κ2) is 4.72. The van der Waals surface area contributed by atoms with Crippen LogP contribution in [-0.4, -0.2) is 20.6 Å². The summed E-state index contributed by atoms with van der Waals surface area (Å²) in [5.74, 6) is -0.930. The van der Waals surface area contributed by atoms with Gasteiger partial charge in [0.1, 0.15) is 5.15 Å². The lowest BCUT2D eigenvalue weighted by molar-refractivity contribution is 0.0699. The van der Waals surface area contributed by atoms with Crippen LogP contribution >= 0.6 is 24.0 Å². The van der Waals surface area contributed by atoms with Crippen molar-refractivity contribution in [1.29, 1.82) is 0 Å². The van der Waals surface area contributed by atoms with Crippen molar-refractivity contribution in [2.75, 3.05) is 0 Å². The Bertz CT molecular complexity index is 796. The molecule has 19 heavy (non-hydrogen) atoms. The highest BCUT2D eigenvalue weighted by Crippen LogP contribution is 2.29. The molecule has 0 unspecified atom stereocenters. The molecule has 2 heterocycles. The van der Waals surface area contributed by atoms with E-state index in [0.29, 0.717) is 16.1 Å². The van der Waals surface area contributed by atoms with Crippen molar-refractivity contribution in [1.82, 2.24) is 9.55 Å². The van der Waals surface area contributed by atoms with Gasteiger partial charge in [0.2, 0.25) is 0 Å². The highest BCUT2D eigenvalue weighted by atomic mass is 35.5. The summed E-state index contributed by atoms with van der Waals surface area (Å²) in [6, 6.07) is 5.41. The summed E-state index contributed by atoms with van der Waals surface area (Å²) in [6.45, 7) is 0. The Morgan fingerprint density at radius 2 is 2.11 bits per heavy atom. The van der Waals surface area contributed by atoms with Crippen molar-refractivity contribution in [2.24, 2.45) is 7.05 Å².